The molecule has 4 N–H and O–H groups in total. The highest BCUT2D eigenvalue weighted by Crippen LogP contribution is 2.07. The first kappa shape index (κ1) is 43.3. The Balaban J connectivity index is -0.000000303. The van der Waals surface area contributed by atoms with Crippen LogP contribution in [0.4, 0.5) is 4.79 Å². The standard InChI is InChI=1S/C17H28N2O3.C9H16N2.3C2H6/c1-5-18-11-15(19-16(20)22-17(2,3)4)13-21-12-14-9-7-6-8-10-14;1-4-9(11-6-3)7-8-10-5-2;3*1-2/h6-10,15,18H,5,11-13H2,1-4H3,(H,19,20);4-5,7,10-11H,1-2,6,8H2,3H3;3*1-2H3/b;9-7+;;;. The first-order valence-corrected chi connectivity index (χ1v) is 14.5. The number of nitrogens with one attached hydrogen (secondary N) is 4. The van der Waals surface area contributed by atoms with Crippen molar-refractivity contribution in [1.82, 2.24) is 21.3 Å². The number of carbonyl (C=O) groups excluding carboxylic acids is 1. The molecule has 0 aromatic heterocycles. The molecular weight excluding hydrogens is 488 g/mol. The average Bonchev–Trinajstić information content (AvgIpc) is 2.94. The van der Waals surface area contributed by atoms with E-state index in [-0.39, 0.29) is 6.04 Å². The molecule has 1 aromatic rings. The van der Waals surface area contributed by atoms with Gasteiger partial charge in [-0.2, -0.15) is 0 Å². The number of hydrogen-bond donors (Lipinski definition) is 4. The second-order valence-corrected chi connectivity index (χ2v) is 8.16. The van der Waals surface area contributed by atoms with Gasteiger partial charge in [0.2, 0.25) is 0 Å². The number of alkyl carbamates (subject to hydrolysis) is 1. The minimum Gasteiger partial charge on any atom is -0.444 e. The Morgan fingerprint density at radius 3 is 2.03 bits per heavy atom. The maximum absolute atomic E-state index is 11.8. The lowest BCUT2D eigenvalue weighted by Crippen LogP contribution is -2.46. The quantitative estimate of drug-likeness (QED) is 0.145. The number of rotatable bonds is 14. The maximum Gasteiger partial charge on any atom is 0.407 e. The van der Waals surface area contributed by atoms with E-state index in [0.717, 1.165) is 30.9 Å². The zero-order chi connectivity index (χ0) is 31.0. The molecule has 1 aromatic carbocycles. The second-order valence-electron chi connectivity index (χ2n) is 8.16. The molecule has 0 aliphatic carbocycles. The van der Waals surface area contributed by atoms with E-state index in [0.29, 0.717) is 19.8 Å². The molecule has 0 fully saturated rings. The molecule has 39 heavy (non-hydrogen) atoms. The molecule has 0 saturated carbocycles. The normalized spacial score (nSPS) is 10.6. The van der Waals surface area contributed by atoms with E-state index >= 15 is 0 Å². The van der Waals surface area contributed by atoms with E-state index in [4.69, 9.17) is 9.47 Å². The fourth-order valence-corrected chi connectivity index (χ4v) is 2.52. The number of benzene rings is 1. The summed E-state index contributed by atoms with van der Waals surface area (Å²) in [5, 5.41) is 12.2. The van der Waals surface area contributed by atoms with E-state index in [9.17, 15) is 4.79 Å². The number of likely N-dealkylation sites (N-methyl/N-ethyl adjacent to an activating group) is 2. The lowest BCUT2D eigenvalue weighted by molar-refractivity contribution is 0.0429. The Morgan fingerprint density at radius 1 is 0.974 bits per heavy atom. The van der Waals surface area contributed by atoms with Crippen molar-refractivity contribution in [3.05, 3.63) is 73.1 Å². The van der Waals surface area contributed by atoms with Gasteiger partial charge in [0.05, 0.1) is 19.3 Å². The summed E-state index contributed by atoms with van der Waals surface area (Å²) in [6.07, 6.45) is 5.08. The van der Waals surface area contributed by atoms with E-state index in [1.807, 2.05) is 106 Å². The Kier molecular flexibility index (Phi) is 36.9. The van der Waals surface area contributed by atoms with Gasteiger partial charge in [-0.1, -0.05) is 92.0 Å². The van der Waals surface area contributed by atoms with Crippen LogP contribution < -0.4 is 21.3 Å². The van der Waals surface area contributed by atoms with Crippen LogP contribution in [0.3, 0.4) is 0 Å². The number of allylic oxidation sites excluding steroid dienone is 1. The van der Waals surface area contributed by atoms with Crippen molar-refractivity contribution in [3.63, 3.8) is 0 Å². The molecule has 0 aliphatic heterocycles. The third-order valence-corrected chi connectivity index (χ3v) is 3.98. The van der Waals surface area contributed by atoms with Gasteiger partial charge in [-0.15, -0.1) is 0 Å². The fraction of sp³-hybridized carbons (Fsp3) is 0.594. The highest BCUT2D eigenvalue weighted by molar-refractivity contribution is 5.68. The van der Waals surface area contributed by atoms with Crippen molar-refractivity contribution in [2.75, 3.05) is 32.8 Å². The van der Waals surface area contributed by atoms with Crippen LogP contribution in [-0.4, -0.2) is 50.5 Å². The molecule has 1 amide bonds. The van der Waals surface area contributed by atoms with Gasteiger partial charge in [0, 0.05) is 25.3 Å². The van der Waals surface area contributed by atoms with Crippen molar-refractivity contribution in [2.45, 2.75) is 94.4 Å². The van der Waals surface area contributed by atoms with Gasteiger partial charge in [0.1, 0.15) is 5.60 Å². The van der Waals surface area contributed by atoms with Crippen LogP contribution in [0.25, 0.3) is 0 Å². The van der Waals surface area contributed by atoms with Crippen LogP contribution in [0.2, 0.25) is 0 Å². The zero-order valence-corrected chi connectivity index (χ0v) is 27.1. The maximum atomic E-state index is 11.8. The summed E-state index contributed by atoms with van der Waals surface area (Å²) in [7, 11) is 0. The van der Waals surface area contributed by atoms with Crippen molar-refractivity contribution in [2.24, 2.45) is 0 Å². The third kappa shape index (κ3) is 33.2. The molecule has 1 atom stereocenters. The zero-order valence-electron chi connectivity index (χ0n) is 27.1. The first-order valence-electron chi connectivity index (χ1n) is 14.5. The van der Waals surface area contributed by atoms with Crippen molar-refractivity contribution < 1.29 is 14.3 Å². The highest BCUT2D eigenvalue weighted by Gasteiger charge is 2.19. The molecule has 7 heteroatoms. The predicted octanol–water partition coefficient (Wildman–Crippen LogP) is 7.18. The van der Waals surface area contributed by atoms with E-state index in [2.05, 4.69) is 41.3 Å². The Morgan fingerprint density at radius 2 is 1.56 bits per heavy atom. The molecule has 0 saturated heterocycles. The van der Waals surface area contributed by atoms with Crippen LogP contribution in [0.15, 0.2) is 67.5 Å². The summed E-state index contributed by atoms with van der Waals surface area (Å²) in [4.78, 5) is 11.8. The Labute approximate surface area is 241 Å². The van der Waals surface area contributed by atoms with Gasteiger partial charge < -0.3 is 30.7 Å². The summed E-state index contributed by atoms with van der Waals surface area (Å²) in [5.74, 6) is 0. The van der Waals surface area contributed by atoms with Gasteiger partial charge in [0.15, 0.2) is 0 Å². The predicted molar refractivity (Wildman–Crippen MR) is 172 cm³/mol. The molecule has 228 valence electrons. The molecule has 0 heterocycles. The van der Waals surface area contributed by atoms with Crippen LogP contribution in [0, 0.1) is 0 Å². The lowest BCUT2D eigenvalue weighted by atomic mass is 10.2. The SMILES string of the molecule is C=CNC/C=C(\C=C)NCC.CC.CC.CC.CCNCC(COCc1ccccc1)NC(=O)OC(C)(C)C. The molecular formula is C32H62N4O3. The van der Waals surface area contributed by atoms with Gasteiger partial charge in [-0.3, -0.25) is 0 Å². The van der Waals surface area contributed by atoms with E-state index < -0.39 is 11.7 Å². The molecule has 0 radical (unpaired) electrons. The van der Waals surface area contributed by atoms with Gasteiger partial charge in [0.25, 0.3) is 0 Å². The van der Waals surface area contributed by atoms with Crippen LogP contribution in [0.5, 0.6) is 0 Å². The topological polar surface area (TPSA) is 83.6 Å². The smallest absolute Gasteiger partial charge is 0.407 e. The molecule has 7 nitrogen and oxygen atoms in total. The summed E-state index contributed by atoms with van der Waals surface area (Å²) in [5.41, 5.74) is 1.67. The minimum atomic E-state index is -0.502. The summed E-state index contributed by atoms with van der Waals surface area (Å²) >= 11 is 0. The molecule has 0 aliphatic rings. The fourth-order valence-electron chi connectivity index (χ4n) is 2.52. The molecule has 1 unspecified atom stereocenters. The third-order valence-electron chi connectivity index (χ3n) is 3.98. The highest BCUT2D eigenvalue weighted by atomic mass is 16.6. The number of amides is 1. The first-order chi connectivity index (χ1) is 18.8. The largest absolute Gasteiger partial charge is 0.444 e. The number of hydrogen-bond acceptors (Lipinski definition) is 6. The number of ether oxygens (including phenoxy) is 2. The van der Waals surface area contributed by atoms with Crippen molar-refractivity contribution >= 4 is 6.09 Å². The van der Waals surface area contributed by atoms with Crippen molar-refractivity contribution in [1.29, 1.82) is 0 Å². The van der Waals surface area contributed by atoms with Crippen LogP contribution in [0.1, 0.15) is 81.7 Å². The van der Waals surface area contributed by atoms with Crippen LogP contribution in [-0.2, 0) is 16.1 Å². The van der Waals surface area contributed by atoms with Gasteiger partial charge in [-0.05, 0) is 58.2 Å². The van der Waals surface area contributed by atoms with Gasteiger partial charge >= 0.3 is 6.09 Å². The average molecular weight is 551 g/mol. The van der Waals surface area contributed by atoms with Crippen LogP contribution >= 0.6 is 0 Å². The molecule has 0 bridgehead atoms. The second kappa shape index (κ2) is 33.3. The van der Waals surface area contributed by atoms with E-state index in [1.165, 1.54) is 0 Å². The van der Waals surface area contributed by atoms with Gasteiger partial charge in [-0.25, -0.2) is 4.79 Å². The molecule has 1 rings (SSSR count). The summed E-state index contributed by atoms with van der Waals surface area (Å²) < 4.78 is 11.0. The minimum absolute atomic E-state index is 0.126. The lowest BCUT2D eigenvalue weighted by Gasteiger charge is -2.24. The monoisotopic (exact) mass is 550 g/mol. The Hall–Kier alpha value is -2.77. The van der Waals surface area contributed by atoms with E-state index in [1.54, 1.807) is 12.3 Å². The number of carbonyl (C=O) groups is 1. The Bertz CT molecular complexity index is 686. The van der Waals surface area contributed by atoms with Crippen molar-refractivity contribution in [3.8, 4) is 0 Å². The molecule has 0 spiro atoms. The summed E-state index contributed by atoms with van der Waals surface area (Å²) in [6.45, 7) is 33.0. The summed E-state index contributed by atoms with van der Waals surface area (Å²) in [6, 6.07) is 9.84.